The second kappa shape index (κ2) is 17.9. The van der Waals surface area contributed by atoms with Gasteiger partial charge in [0.25, 0.3) is 0 Å². The van der Waals surface area contributed by atoms with E-state index in [1.807, 2.05) is 20.8 Å². The molecule has 0 saturated carbocycles. The van der Waals surface area contributed by atoms with Crippen LogP contribution in [0, 0.1) is 5.41 Å². The highest BCUT2D eigenvalue weighted by molar-refractivity contribution is 5.90. The van der Waals surface area contributed by atoms with Crippen molar-refractivity contribution in [2.45, 2.75) is 84.7 Å². The third-order valence-electron chi connectivity index (χ3n) is 3.51. The molecule has 9 heteroatoms. The number of aliphatic hydroxyl groups is 1. The lowest BCUT2D eigenvalue weighted by Crippen LogP contribution is -2.45. The predicted molar refractivity (Wildman–Crippen MR) is 109 cm³/mol. The van der Waals surface area contributed by atoms with Crippen molar-refractivity contribution in [2.75, 3.05) is 19.8 Å². The number of rotatable bonds is 14. The van der Waals surface area contributed by atoms with Crippen LogP contribution in [-0.4, -0.2) is 54.3 Å². The standard InChI is InChI=1S/C18H32O7.C2H6N2/c1-4-7-10-23-15(19)13-18(22,17(21)25-12-9-6-3)14-16(20)24-11-8-5-2;1-2(3)4/h22H,4-14H2,1-3H3;1H3,(H3,3,4). The Hall–Kier alpha value is -2.16. The Labute approximate surface area is 173 Å². The van der Waals surface area contributed by atoms with Crippen molar-refractivity contribution in [3.63, 3.8) is 0 Å². The van der Waals surface area contributed by atoms with Crippen molar-refractivity contribution < 1.29 is 33.7 Å². The molecule has 29 heavy (non-hydrogen) atoms. The molecule has 0 aromatic carbocycles. The maximum Gasteiger partial charge on any atom is 0.339 e. The van der Waals surface area contributed by atoms with E-state index in [9.17, 15) is 19.5 Å². The van der Waals surface area contributed by atoms with Crippen LogP contribution in [0.2, 0.25) is 0 Å². The Morgan fingerprint density at radius 2 is 1.14 bits per heavy atom. The van der Waals surface area contributed by atoms with Crippen LogP contribution in [-0.2, 0) is 28.6 Å². The molecule has 0 atom stereocenters. The predicted octanol–water partition coefficient (Wildman–Crippen LogP) is 2.47. The number of hydrogen-bond donors (Lipinski definition) is 3. The molecule has 4 N–H and O–H groups in total. The van der Waals surface area contributed by atoms with Gasteiger partial charge < -0.3 is 25.1 Å². The zero-order valence-corrected chi connectivity index (χ0v) is 18.3. The molecule has 0 aromatic heterocycles. The number of unbranched alkanes of at least 4 members (excludes halogenated alkanes) is 3. The van der Waals surface area contributed by atoms with E-state index in [1.54, 1.807) is 0 Å². The molecule has 0 rings (SSSR count). The normalized spacial score (nSPS) is 10.4. The summed E-state index contributed by atoms with van der Waals surface area (Å²) in [5.74, 6) is -2.32. The summed E-state index contributed by atoms with van der Waals surface area (Å²) in [7, 11) is 0. The molecular weight excluding hydrogens is 380 g/mol. The molecule has 0 aliphatic rings. The zero-order chi connectivity index (χ0) is 22.7. The van der Waals surface area contributed by atoms with Crippen molar-refractivity contribution in [3.05, 3.63) is 0 Å². The summed E-state index contributed by atoms with van der Waals surface area (Å²) in [6.07, 6.45) is 3.23. The lowest BCUT2D eigenvalue weighted by molar-refractivity contribution is -0.178. The summed E-state index contributed by atoms with van der Waals surface area (Å²) >= 11 is 0. The minimum atomic E-state index is -2.26. The summed E-state index contributed by atoms with van der Waals surface area (Å²) in [5, 5.41) is 16.8. The fourth-order valence-electron chi connectivity index (χ4n) is 1.89. The largest absolute Gasteiger partial charge is 0.466 e. The summed E-state index contributed by atoms with van der Waals surface area (Å²) < 4.78 is 14.9. The van der Waals surface area contributed by atoms with Gasteiger partial charge in [0, 0.05) is 0 Å². The maximum atomic E-state index is 12.2. The number of hydrogen-bond acceptors (Lipinski definition) is 8. The van der Waals surface area contributed by atoms with Crippen LogP contribution in [0.15, 0.2) is 0 Å². The Bertz CT molecular complexity index is 467. The van der Waals surface area contributed by atoms with Crippen LogP contribution >= 0.6 is 0 Å². The summed E-state index contributed by atoms with van der Waals surface area (Å²) in [5.41, 5.74) is 2.43. The van der Waals surface area contributed by atoms with Gasteiger partial charge in [0.1, 0.15) is 0 Å². The highest BCUT2D eigenvalue weighted by atomic mass is 16.6. The van der Waals surface area contributed by atoms with Crippen LogP contribution in [0.4, 0.5) is 0 Å². The van der Waals surface area contributed by atoms with Crippen LogP contribution in [0.5, 0.6) is 0 Å². The Kier molecular flexibility index (Phi) is 17.9. The lowest BCUT2D eigenvalue weighted by atomic mass is 9.95. The minimum absolute atomic E-state index is 0.118. The number of nitrogens with two attached hydrogens (primary N) is 1. The van der Waals surface area contributed by atoms with Gasteiger partial charge in [-0.2, -0.15) is 0 Å². The Balaban J connectivity index is 0. The van der Waals surface area contributed by atoms with E-state index in [2.05, 4.69) is 0 Å². The lowest BCUT2D eigenvalue weighted by Gasteiger charge is -2.24. The number of carbonyl (C=O) groups excluding carboxylic acids is 3. The van der Waals surface area contributed by atoms with Crippen molar-refractivity contribution in [1.82, 2.24) is 0 Å². The van der Waals surface area contributed by atoms with Gasteiger partial charge >= 0.3 is 17.9 Å². The molecule has 0 aliphatic carbocycles. The highest BCUT2D eigenvalue weighted by Gasteiger charge is 2.43. The van der Waals surface area contributed by atoms with E-state index < -0.39 is 36.4 Å². The van der Waals surface area contributed by atoms with Gasteiger partial charge in [-0.3, -0.25) is 15.0 Å². The van der Waals surface area contributed by atoms with Gasteiger partial charge in [-0.25, -0.2) is 4.79 Å². The van der Waals surface area contributed by atoms with E-state index in [0.717, 1.165) is 19.3 Å². The van der Waals surface area contributed by atoms with Crippen LogP contribution in [0.3, 0.4) is 0 Å². The number of esters is 3. The average molecular weight is 419 g/mol. The maximum absolute atomic E-state index is 12.2. The molecule has 0 unspecified atom stereocenters. The number of nitrogens with one attached hydrogen (secondary N) is 1. The van der Waals surface area contributed by atoms with Crippen LogP contribution in [0.25, 0.3) is 0 Å². The zero-order valence-electron chi connectivity index (χ0n) is 18.3. The molecule has 0 aliphatic heterocycles. The van der Waals surface area contributed by atoms with E-state index in [-0.39, 0.29) is 25.7 Å². The topological polar surface area (TPSA) is 149 Å². The van der Waals surface area contributed by atoms with Gasteiger partial charge in [-0.1, -0.05) is 40.0 Å². The second-order valence-electron chi connectivity index (χ2n) is 6.71. The van der Waals surface area contributed by atoms with Crippen molar-refractivity contribution >= 4 is 23.7 Å². The molecule has 0 fully saturated rings. The van der Waals surface area contributed by atoms with Gasteiger partial charge in [-0.15, -0.1) is 0 Å². The molecular formula is C20H38N2O7. The number of amidine groups is 1. The molecule has 0 aromatic rings. The first-order chi connectivity index (χ1) is 13.6. The molecule has 170 valence electrons. The van der Waals surface area contributed by atoms with Gasteiger partial charge in [0.2, 0.25) is 0 Å². The monoisotopic (exact) mass is 418 g/mol. The second-order valence-corrected chi connectivity index (χ2v) is 6.71. The molecule has 0 heterocycles. The average Bonchev–Trinajstić information content (AvgIpc) is 2.61. The fraction of sp³-hybridized carbons (Fsp3) is 0.800. The van der Waals surface area contributed by atoms with E-state index in [4.69, 9.17) is 25.4 Å². The molecule has 0 spiro atoms. The van der Waals surface area contributed by atoms with E-state index >= 15 is 0 Å². The van der Waals surface area contributed by atoms with Gasteiger partial charge in [0.05, 0.1) is 38.5 Å². The molecule has 0 radical (unpaired) electrons. The SMILES string of the molecule is CC(=N)N.CCCCOC(=O)CC(O)(CC(=O)OCCCC)C(=O)OCCCC. The van der Waals surface area contributed by atoms with Gasteiger partial charge in [-0.05, 0) is 26.2 Å². The first-order valence-electron chi connectivity index (χ1n) is 10.1. The van der Waals surface area contributed by atoms with Crippen molar-refractivity contribution in [1.29, 1.82) is 5.41 Å². The Morgan fingerprint density at radius 3 is 1.45 bits per heavy atom. The molecule has 9 nitrogen and oxygen atoms in total. The Morgan fingerprint density at radius 1 is 0.828 bits per heavy atom. The first kappa shape index (κ1) is 29.0. The van der Waals surface area contributed by atoms with Crippen LogP contribution < -0.4 is 5.73 Å². The number of carbonyl (C=O) groups is 3. The van der Waals surface area contributed by atoms with Crippen molar-refractivity contribution in [3.8, 4) is 0 Å². The highest BCUT2D eigenvalue weighted by Crippen LogP contribution is 2.20. The summed E-state index contributed by atoms with van der Waals surface area (Å²) in [6, 6.07) is 0. The summed E-state index contributed by atoms with van der Waals surface area (Å²) in [6.45, 7) is 7.88. The van der Waals surface area contributed by atoms with Crippen LogP contribution in [0.1, 0.15) is 79.1 Å². The third-order valence-corrected chi connectivity index (χ3v) is 3.51. The molecule has 0 amide bonds. The molecule has 0 saturated heterocycles. The third kappa shape index (κ3) is 17.7. The van der Waals surface area contributed by atoms with E-state index in [0.29, 0.717) is 19.3 Å². The quantitative estimate of drug-likeness (QED) is 0.128. The van der Waals surface area contributed by atoms with E-state index in [1.165, 1.54) is 6.92 Å². The smallest absolute Gasteiger partial charge is 0.339 e. The number of ether oxygens (including phenoxy) is 3. The minimum Gasteiger partial charge on any atom is -0.466 e. The summed E-state index contributed by atoms with van der Waals surface area (Å²) in [4.78, 5) is 35.9. The fourth-order valence-corrected chi connectivity index (χ4v) is 1.89. The first-order valence-corrected chi connectivity index (χ1v) is 10.1. The van der Waals surface area contributed by atoms with Crippen molar-refractivity contribution in [2.24, 2.45) is 5.73 Å². The molecule has 0 bridgehead atoms. The van der Waals surface area contributed by atoms with Gasteiger partial charge in [0.15, 0.2) is 5.60 Å².